The van der Waals surface area contributed by atoms with Crippen LogP contribution in [0.4, 0.5) is 0 Å². The molecule has 7 heteroatoms. The number of benzene rings is 3. The molecule has 2 unspecified atom stereocenters. The van der Waals surface area contributed by atoms with E-state index in [1.54, 1.807) is 13.8 Å². The minimum atomic E-state index is -0.486. The predicted molar refractivity (Wildman–Crippen MR) is 149 cm³/mol. The van der Waals surface area contributed by atoms with Crippen molar-refractivity contribution in [1.29, 1.82) is 0 Å². The fourth-order valence-electron chi connectivity index (χ4n) is 4.75. The Morgan fingerprint density at radius 1 is 0.974 bits per heavy atom. The fourth-order valence-corrected chi connectivity index (χ4v) is 4.75. The van der Waals surface area contributed by atoms with Gasteiger partial charge in [0.05, 0.1) is 18.2 Å². The first-order valence-electron chi connectivity index (χ1n) is 13.2. The molecule has 7 nitrogen and oxygen atoms in total. The van der Waals surface area contributed by atoms with E-state index in [4.69, 9.17) is 9.47 Å². The SMILES string of the molecule is CCOC(=O)C1=C(C)N(CC(=O)NC(C)c2ccccc2)C(=O)CC1c1ccc(OCc2ccccc2)cc1. The van der Waals surface area contributed by atoms with Gasteiger partial charge in [0.15, 0.2) is 0 Å². The van der Waals surface area contributed by atoms with E-state index >= 15 is 0 Å². The molecule has 1 N–H and O–H groups in total. The van der Waals surface area contributed by atoms with Crippen LogP contribution >= 0.6 is 0 Å². The standard InChI is InChI=1S/C32H34N2O5/c1-4-38-32(37)31-23(3)34(20-29(35)33-22(2)25-13-9-6-10-14-25)30(36)19-28(31)26-15-17-27(18-16-26)39-21-24-11-7-5-8-12-24/h5-18,22,28H,4,19-21H2,1-3H3,(H,33,35). The molecule has 0 radical (unpaired) electrons. The summed E-state index contributed by atoms with van der Waals surface area (Å²) < 4.78 is 11.3. The summed E-state index contributed by atoms with van der Waals surface area (Å²) in [7, 11) is 0. The fraction of sp³-hybridized carbons (Fsp3) is 0.281. The van der Waals surface area contributed by atoms with Gasteiger partial charge in [-0.05, 0) is 49.6 Å². The van der Waals surface area contributed by atoms with Crippen LogP contribution in [0.1, 0.15) is 55.8 Å². The van der Waals surface area contributed by atoms with Gasteiger partial charge >= 0.3 is 5.97 Å². The molecule has 0 aromatic heterocycles. The van der Waals surface area contributed by atoms with Crippen LogP contribution in [-0.4, -0.2) is 35.8 Å². The Labute approximate surface area is 229 Å². The first-order chi connectivity index (χ1) is 18.9. The van der Waals surface area contributed by atoms with E-state index in [0.717, 1.165) is 16.7 Å². The molecule has 3 aromatic carbocycles. The van der Waals surface area contributed by atoms with Crippen molar-refractivity contribution in [3.05, 3.63) is 113 Å². The summed E-state index contributed by atoms with van der Waals surface area (Å²) in [4.78, 5) is 40.6. The number of hydrogen-bond donors (Lipinski definition) is 1. The first-order valence-corrected chi connectivity index (χ1v) is 13.2. The van der Waals surface area contributed by atoms with Crippen molar-refractivity contribution in [2.24, 2.45) is 0 Å². The number of carbonyl (C=O) groups is 3. The summed E-state index contributed by atoms with van der Waals surface area (Å²) in [6.07, 6.45) is 0.0528. The minimum Gasteiger partial charge on any atom is -0.489 e. The maximum absolute atomic E-state index is 13.3. The summed E-state index contributed by atoms with van der Waals surface area (Å²) >= 11 is 0. The maximum atomic E-state index is 13.3. The molecule has 0 fully saturated rings. The number of esters is 1. The van der Waals surface area contributed by atoms with Crippen molar-refractivity contribution in [2.45, 2.75) is 45.8 Å². The number of amides is 2. The quantitative estimate of drug-likeness (QED) is 0.363. The lowest BCUT2D eigenvalue weighted by molar-refractivity contribution is -0.141. The second kappa shape index (κ2) is 12.9. The van der Waals surface area contributed by atoms with Gasteiger partial charge in [-0.3, -0.25) is 9.59 Å². The van der Waals surface area contributed by atoms with Crippen LogP contribution in [-0.2, 0) is 25.7 Å². The Hall–Kier alpha value is -4.39. The van der Waals surface area contributed by atoms with Gasteiger partial charge in [0.2, 0.25) is 11.8 Å². The normalized spacial score (nSPS) is 16.0. The van der Waals surface area contributed by atoms with Crippen molar-refractivity contribution < 1.29 is 23.9 Å². The van der Waals surface area contributed by atoms with E-state index < -0.39 is 11.9 Å². The van der Waals surface area contributed by atoms with Crippen molar-refractivity contribution in [1.82, 2.24) is 10.2 Å². The molecule has 4 rings (SSSR count). The number of nitrogens with one attached hydrogen (secondary N) is 1. The molecule has 0 aliphatic carbocycles. The molecule has 1 heterocycles. The molecule has 1 aliphatic rings. The average Bonchev–Trinajstić information content (AvgIpc) is 2.95. The predicted octanol–water partition coefficient (Wildman–Crippen LogP) is 5.30. The second-order valence-electron chi connectivity index (χ2n) is 9.50. The summed E-state index contributed by atoms with van der Waals surface area (Å²) in [5.41, 5.74) is 3.65. The highest BCUT2D eigenvalue weighted by molar-refractivity contribution is 5.97. The van der Waals surface area contributed by atoms with Gasteiger partial charge in [0.1, 0.15) is 18.9 Å². The van der Waals surface area contributed by atoms with Crippen LogP contribution in [0.3, 0.4) is 0 Å². The Balaban J connectivity index is 1.51. The number of carbonyl (C=O) groups excluding carboxylic acids is 3. The molecule has 1 aliphatic heterocycles. The molecule has 0 saturated carbocycles. The molecule has 3 aromatic rings. The number of hydrogen-bond acceptors (Lipinski definition) is 5. The Bertz CT molecular complexity index is 1320. The highest BCUT2D eigenvalue weighted by Gasteiger charge is 2.37. The van der Waals surface area contributed by atoms with Crippen molar-refractivity contribution in [3.8, 4) is 5.75 Å². The minimum absolute atomic E-state index is 0.0528. The van der Waals surface area contributed by atoms with E-state index in [1.807, 2.05) is 91.9 Å². The van der Waals surface area contributed by atoms with Gasteiger partial charge in [-0.25, -0.2) is 4.79 Å². The Kier molecular flexibility index (Phi) is 9.15. The molecule has 0 saturated heterocycles. The molecular weight excluding hydrogens is 492 g/mol. The van der Waals surface area contributed by atoms with E-state index in [1.165, 1.54) is 4.90 Å². The first kappa shape index (κ1) is 27.6. The third-order valence-corrected chi connectivity index (χ3v) is 6.83. The van der Waals surface area contributed by atoms with Crippen LogP contribution in [0.5, 0.6) is 5.75 Å². The van der Waals surface area contributed by atoms with Gasteiger partial charge in [-0.15, -0.1) is 0 Å². The maximum Gasteiger partial charge on any atom is 0.336 e. The summed E-state index contributed by atoms with van der Waals surface area (Å²) in [6, 6.07) is 26.7. The Morgan fingerprint density at radius 2 is 1.62 bits per heavy atom. The zero-order valence-corrected chi connectivity index (χ0v) is 22.6. The summed E-state index contributed by atoms with van der Waals surface area (Å²) in [5, 5.41) is 2.94. The number of nitrogens with zero attached hydrogens (tertiary/aromatic N) is 1. The van der Waals surface area contributed by atoms with Crippen molar-refractivity contribution >= 4 is 17.8 Å². The monoisotopic (exact) mass is 526 g/mol. The average molecular weight is 527 g/mol. The zero-order chi connectivity index (χ0) is 27.8. The van der Waals surface area contributed by atoms with Crippen molar-refractivity contribution in [3.63, 3.8) is 0 Å². The summed E-state index contributed by atoms with van der Waals surface area (Å²) in [5.74, 6) is -0.811. The van der Waals surface area contributed by atoms with Gasteiger partial charge in [-0.1, -0.05) is 72.8 Å². The number of allylic oxidation sites excluding steroid dienone is 1. The largest absolute Gasteiger partial charge is 0.489 e. The number of rotatable bonds is 10. The molecule has 39 heavy (non-hydrogen) atoms. The lowest BCUT2D eigenvalue weighted by Crippen LogP contribution is -2.44. The van der Waals surface area contributed by atoms with Crippen molar-refractivity contribution in [2.75, 3.05) is 13.2 Å². The van der Waals surface area contributed by atoms with Gasteiger partial charge in [0.25, 0.3) is 0 Å². The van der Waals surface area contributed by atoms with Gasteiger partial charge in [0, 0.05) is 18.0 Å². The lowest BCUT2D eigenvalue weighted by Gasteiger charge is -2.34. The molecule has 2 amide bonds. The zero-order valence-electron chi connectivity index (χ0n) is 22.6. The summed E-state index contributed by atoms with van der Waals surface area (Å²) in [6.45, 7) is 5.80. The molecule has 0 spiro atoms. The molecule has 2 atom stereocenters. The smallest absolute Gasteiger partial charge is 0.336 e. The molecular formula is C32H34N2O5. The van der Waals surface area contributed by atoms with Gasteiger partial charge < -0.3 is 19.7 Å². The van der Waals surface area contributed by atoms with E-state index in [0.29, 0.717) is 23.6 Å². The topological polar surface area (TPSA) is 84.9 Å². The van der Waals surface area contributed by atoms with E-state index in [2.05, 4.69) is 5.32 Å². The molecule has 0 bridgehead atoms. The van der Waals surface area contributed by atoms with Crippen LogP contribution in [0.25, 0.3) is 0 Å². The third kappa shape index (κ3) is 6.93. The van der Waals surface area contributed by atoms with Crippen LogP contribution in [0.2, 0.25) is 0 Å². The van der Waals surface area contributed by atoms with Crippen LogP contribution in [0.15, 0.2) is 96.2 Å². The lowest BCUT2D eigenvalue weighted by atomic mass is 9.83. The molecule has 202 valence electrons. The Morgan fingerprint density at radius 3 is 2.26 bits per heavy atom. The highest BCUT2D eigenvalue weighted by atomic mass is 16.5. The third-order valence-electron chi connectivity index (χ3n) is 6.83. The highest BCUT2D eigenvalue weighted by Crippen LogP contribution is 2.37. The van der Waals surface area contributed by atoms with E-state index in [9.17, 15) is 14.4 Å². The van der Waals surface area contributed by atoms with Crippen LogP contribution < -0.4 is 10.1 Å². The van der Waals surface area contributed by atoms with E-state index in [-0.39, 0.29) is 37.4 Å². The second-order valence-corrected chi connectivity index (χ2v) is 9.50. The number of ether oxygens (including phenoxy) is 2. The van der Waals surface area contributed by atoms with Gasteiger partial charge in [-0.2, -0.15) is 0 Å². The van der Waals surface area contributed by atoms with Crippen LogP contribution in [0, 0.1) is 0 Å².